The number of sulfonamides is 1. The zero-order chi connectivity index (χ0) is 13.8. The molecule has 0 aromatic heterocycles. The third-order valence-electron chi connectivity index (χ3n) is 2.23. The highest BCUT2D eigenvalue weighted by Crippen LogP contribution is 2.15. The largest absolute Gasteiger partial charge is 0.276 e. The van der Waals surface area contributed by atoms with Crippen LogP contribution in [0.2, 0.25) is 0 Å². The Bertz CT molecular complexity index is 563. The molecule has 0 unspecified atom stereocenters. The molecule has 0 aliphatic carbocycles. The van der Waals surface area contributed by atoms with Crippen molar-refractivity contribution in [3.05, 3.63) is 34.4 Å². The lowest BCUT2D eigenvalue weighted by Gasteiger charge is -2.03. The van der Waals surface area contributed by atoms with Gasteiger partial charge in [0.15, 0.2) is 0 Å². The molecule has 18 heavy (non-hydrogen) atoms. The summed E-state index contributed by atoms with van der Waals surface area (Å²) >= 11 is 0. The van der Waals surface area contributed by atoms with E-state index in [1.54, 1.807) is 6.92 Å². The second kappa shape index (κ2) is 5.58. The molecule has 7 nitrogen and oxygen atoms in total. The summed E-state index contributed by atoms with van der Waals surface area (Å²) in [4.78, 5) is 11.8. The van der Waals surface area contributed by atoms with E-state index in [0.717, 1.165) is 24.3 Å². The van der Waals surface area contributed by atoms with E-state index in [-0.39, 0.29) is 10.6 Å². The van der Waals surface area contributed by atoms with Crippen LogP contribution in [0.5, 0.6) is 0 Å². The minimum absolute atomic E-state index is 0.0687. The lowest BCUT2D eigenvalue weighted by Crippen LogP contribution is -2.19. The van der Waals surface area contributed by atoms with Gasteiger partial charge in [0, 0.05) is 17.8 Å². The van der Waals surface area contributed by atoms with Gasteiger partial charge < -0.3 is 0 Å². The molecule has 0 amide bonds. The predicted octanol–water partition coefficient (Wildman–Crippen LogP) is 1.66. The standard InChI is InChI=1S/C10H13N3O4S/c1-3-8(2)11-12-18(16,17)10-6-4-9(5-7-10)13(14)15/h4-7,12H,3H2,1-2H3. The summed E-state index contributed by atoms with van der Waals surface area (Å²) < 4.78 is 23.5. The molecule has 0 saturated heterocycles. The fourth-order valence-corrected chi connectivity index (χ4v) is 1.89. The zero-order valence-corrected chi connectivity index (χ0v) is 10.8. The van der Waals surface area contributed by atoms with Crippen LogP contribution in [0.1, 0.15) is 20.3 Å². The molecule has 1 rings (SSSR count). The summed E-state index contributed by atoms with van der Waals surface area (Å²) in [7, 11) is -3.77. The Hall–Kier alpha value is -1.96. The van der Waals surface area contributed by atoms with Crippen molar-refractivity contribution >= 4 is 21.4 Å². The van der Waals surface area contributed by atoms with Gasteiger partial charge in [-0.3, -0.25) is 10.1 Å². The lowest BCUT2D eigenvalue weighted by atomic mass is 10.3. The van der Waals surface area contributed by atoms with Crippen LogP contribution in [0.25, 0.3) is 0 Å². The van der Waals surface area contributed by atoms with Gasteiger partial charge in [0.2, 0.25) is 0 Å². The molecule has 0 bridgehead atoms. The SMILES string of the molecule is CCC(C)=NNS(=O)(=O)c1ccc([N+](=O)[O-])cc1. The van der Waals surface area contributed by atoms with E-state index in [0.29, 0.717) is 12.1 Å². The van der Waals surface area contributed by atoms with Crippen LogP contribution in [0, 0.1) is 10.1 Å². The van der Waals surface area contributed by atoms with Crippen molar-refractivity contribution in [2.24, 2.45) is 5.10 Å². The number of benzene rings is 1. The van der Waals surface area contributed by atoms with Crippen molar-refractivity contribution in [3.8, 4) is 0 Å². The van der Waals surface area contributed by atoms with Crippen LogP contribution >= 0.6 is 0 Å². The van der Waals surface area contributed by atoms with E-state index < -0.39 is 14.9 Å². The summed E-state index contributed by atoms with van der Waals surface area (Å²) in [5, 5.41) is 14.1. The van der Waals surface area contributed by atoms with Gasteiger partial charge in [0.05, 0.1) is 9.82 Å². The molecular weight excluding hydrogens is 258 g/mol. The molecule has 8 heteroatoms. The van der Waals surface area contributed by atoms with Crippen molar-refractivity contribution < 1.29 is 13.3 Å². The van der Waals surface area contributed by atoms with Gasteiger partial charge in [0.1, 0.15) is 0 Å². The van der Waals surface area contributed by atoms with Crippen LogP contribution in [0.3, 0.4) is 0 Å². The Kier molecular flexibility index (Phi) is 4.38. The molecule has 1 N–H and O–H groups in total. The summed E-state index contributed by atoms with van der Waals surface area (Å²) in [5.41, 5.74) is 0.475. The van der Waals surface area contributed by atoms with Crippen molar-refractivity contribution in [1.82, 2.24) is 4.83 Å². The quantitative estimate of drug-likeness (QED) is 0.499. The highest BCUT2D eigenvalue weighted by Gasteiger charge is 2.14. The first-order valence-corrected chi connectivity index (χ1v) is 6.64. The van der Waals surface area contributed by atoms with Crippen molar-refractivity contribution in [3.63, 3.8) is 0 Å². The van der Waals surface area contributed by atoms with Crippen LogP contribution in [-0.4, -0.2) is 19.1 Å². The van der Waals surface area contributed by atoms with E-state index in [1.807, 2.05) is 6.92 Å². The average Bonchev–Trinajstić information content (AvgIpc) is 2.36. The smallest absolute Gasteiger partial charge is 0.258 e. The first-order chi connectivity index (χ1) is 8.36. The fourth-order valence-electron chi connectivity index (χ4n) is 1.02. The summed E-state index contributed by atoms with van der Waals surface area (Å²) in [6.07, 6.45) is 0.628. The first-order valence-electron chi connectivity index (χ1n) is 5.16. The number of nitro groups is 1. The maximum absolute atomic E-state index is 11.7. The molecule has 0 atom stereocenters. The van der Waals surface area contributed by atoms with Gasteiger partial charge in [-0.2, -0.15) is 13.5 Å². The number of hydrazone groups is 1. The second-order valence-corrected chi connectivity index (χ2v) is 5.21. The van der Waals surface area contributed by atoms with Crippen molar-refractivity contribution in [2.45, 2.75) is 25.2 Å². The van der Waals surface area contributed by atoms with Crippen LogP contribution in [0.4, 0.5) is 5.69 Å². The molecule has 0 saturated carbocycles. The van der Waals surface area contributed by atoms with Gasteiger partial charge in [-0.15, -0.1) is 0 Å². The third-order valence-corrected chi connectivity index (χ3v) is 3.45. The Labute approximate surface area is 105 Å². The zero-order valence-electron chi connectivity index (χ0n) is 9.95. The molecule has 0 heterocycles. The maximum Gasteiger partial charge on any atom is 0.276 e. The van der Waals surface area contributed by atoms with E-state index in [2.05, 4.69) is 9.93 Å². The number of nitrogens with one attached hydrogen (secondary N) is 1. The third kappa shape index (κ3) is 3.52. The molecule has 0 radical (unpaired) electrons. The number of rotatable bonds is 5. The predicted molar refractivity (Wildman–Crippen MR) is 66.8 cm³/mol. The van der Waals surface area contributed by atoms with E-state index in [9.17, 15) is 18.5 Å². The number of hydrogen-bond acceptors (Lipinski definition) is 5. The van der Waals surface area contributed by atoms with Crippen molar-refractivity contribution in [1.29, 1.82) is 0 Å². The fraction of sp³-hybridized carbons (Fsp3) is 0.300. The molecule has 1 aromatic rings. The minimum Gasteiger partial charge on any atom is -0.258 e. The van der Waals surface area contributed by atoms with Crippen LogP contribution in [0.15, 0.2) is 34.3 Å². The van der Waals surface area contributed by atoms with Gasteiger partial charge >= 0.3 is 0 Å². The lowest BCUT2D eigenvalue weighted by molar-refractivity contribution is -0.384. The molecule has 0 spiro atoms. The van der Waals surface area contributed by atoms with E-state index in [4.69, 9.17) is 0 Å². The Balaban J connectivity index is 2.96. The summed E-state index contributed by atoms with van der Waals surface area (Å²) in [6, 6.07) is 4.59. The molecule has 1 aromatic carbocycles. The van der Waals surface area contributed by atoms with Crippen LogP contribution in [-0.2, 0) is 10.0 Å². The van der Waals surface area contributed by atoms with E-state index >= 15 is 0 Å². The van der Waals surface area contributed by atoms with Gasteiger partial charge in [-0.1, -0.05) is 6.92 Å². The number of nitrogens with zero attached hydrogens (tertiary/aromatic N) is 2. The number of nitro benzene ring substituents is 1. The molecule has 0 aliphatic rings. The monoisotopic (exact) mass is 271 g/mol. The second-order valence-electron chi connectivity index (χ2n) is 3.55. The Morgan fingerprint density at radius 1 is 1.39 bits per heavy atom. The first kappa shape index (κ1) is 14.1. The molecular formula is C10H13N3O4S. The van der Waals surface area contributed by atoms with Crippen LogP contribution < -0.4 is 4.83 Å². The van der Waals surface area contributed by atoms with E-state index in [1.165, 1.54) is 0 Å². The minimum atomic E-state index is -3.77. The normalized spacial score (nSPS) is 12.2. The maximum atomic E-state index is 11.7. The highest BCUT2D eigenvalue weighted by atomic mass is 32.2. The number of hydrogen-bond donors (Lipinski definition) is 1. The average molecular weight is 271 g/mol. The molecule has 0 aliphatic heterocycles. The van der Waals surface area contributed by atoms with Gasteiger partial charge in [-0.05, 0) is 25.5 Å². The topological polar surface area (TPSA) is 102 Å². The Morgan fingerprint density at radius 3 is 2.39 bits per heavy atom. The highest BCUT2D eigenvalue weighted by molar-refractivity contribution is 7.89. The summed E-state index contributed by atoms with van der Waals surface area (Å²) in [5.74, 6) is 0. The number of non-ortho nitro benzene ring substituents is 1. The summed E-state index contributed by atoms with van der Waals surface area (Å²) in [6.45, 7) is 3.54. The molecule has 98 valence electrons. The van der Waals surface area contributed by atoms with Crippen molar-refractivity contribution in [2.75, 3.05) is 0 Å². The Morgan fingerprint density at radius 2 is 1.94 bits per heavy atom. The van der Waals surface area contributed by atoms with Gasteiger partial charge in [0.25, 0.3) is 15.7 Å². The molecule has 0 fully saturated rings. The van der Waals surface area contributed by atoms with Gasteiger partial charge in [-0.25, -0.2) is 4.83 Å².